The van der Waals surface area contributed by atoms with Crippen molar-refractivity contribution in [1.29, 1.82) is 0 Å². The molecule has 6 heteroatoms. The molecule has 0 unspecified atom stereocenters. The Bertz CT molecular complexity index is 520. The fourth-order valence-corrected chi connectivity index (χ4v) is 1.61. The molecule has 0 aliphatic rings. The predicted octanol–water partition coefficient (Wildman–Crippen LogP) is 2.44. The quantitative estimate of drug-likeness (QED) is 0.916. The highest BCUT2D eigenvalue weighted by Crippen LogP contribution is 2.28. The van der Waals surface area contributed by atoms with Crippen LogP contribution in [-0.4, -0.2) is 14.9 Å². The van der Waals surface area contributed by atoms with Gasteiger partial charge in [0.05, 0.1) is 18.8 Å². The standard InChI is InChI=1S/C12H11F3N2O/c13-12(14,15)11-6-10(8-18)17(16-11)7-9-4-2-1-3-5-9/h1-6,18H,7-8H2. The number of aromatic nitrogens is 2. The van der Waals surface area contributed by atoms with Crippen molar-refractivity contribution in [2.24, 2.45) is 0 Å². The first kappa shape index (κ1) is 12.6. The molecule has 0 aliphatic heterocycles. The number of nitrogens with zero attached hydrogens (tertiary/aromatic N) is 2. The van der Waals surface area contributed by atoms with Crippen LogP contribution < -0.4 is 0 Å². The van der Waals surface area contributed by atoms with E-state index in [1.54, 1.807) is 24.3 Å². The third-order valence-corrected chi connectivity index (χ3v) is 2.49. The van der Waals surface area contributed by atoms with Crippen LogP contribution in [0.2, 0.25) is 0 Å². The van der Waals surface area contributed by atoms with Gasteiger partial charge in [-0.1, -0.05) is 30.3 Å². The summed E-state index contributed by atoms with van der Waals surface area (Å²) in [5.74, 6) is 0. The molecule has 96 valence electrons. The molecule has 0 amide bonds. The molecule has 1 N–H and O–H groups in total. The number of alkyl halides is 3. The average Bonchev–Trinajstić information content (AvgIpc) is 2.73. The molecule has 1 aromatic heterocycles. The topological polar surface area (TPSA) is 38.1 Å². The van der Waals surface area contributed by atoms with Gasteiger partial charge in [0.1, 0.15) is 0 Å². The van der Waals surface area contributed by atoms with Crippen LogP contribution >= 0.6 is 0 Å². The Morgan fingerprint density at radius 2 is 1.83 bits per heavy atom. The summed E-state index contributed by atoms with van der Waals surface area (Å²) in [6.45, 7) is -0.275. The van der Waals surface area contributed by atoms with E-state index in [-0.39, 0.29) is 12.2 Å². The first-order valence-electron chi connectivity index (χ1n) is 5.29. The molecule has 0 aliphatic carbocycles. The molecular formula is C12H11F3N2O. The molecular weight excluding hydrogens is 245 g/mol. The van der Waals surface area contributed by atoms with Gasteiger partial charge in [-0.05, 0) is 11.6 Å². The van der Waals surface area contributed by atoms with Gasteiger partial charge in [-0.15, -0.1) is 0 Å². The van der Waals surface area contributed by atoms with E-state index >= 15 is 0 Å². The van der Waals surface area contributed by atoms with Gasteiger partial charge in [0.2, 0.25) is 0 Å². The molecule has 3 nitrogen and oxygen atoms in total. The van der Waals surface area contributed by atoms with Crippen molar-refractivity contribution >= 4 is 0 Å². The van der Waals surface area contributed by atoms with Gasteiger partial charge in [-0.2, -0.15) is 18.3 Å². The number of rotatable bonds is 3. The van der Waals surface area contributed by atoms with E-state index in [4.69, 9.17) is 5.11 Å². The zero-order chi connectivity index (χ0) is 13.2. The van der Waals surface area contributed by atoms with Crippen LogP contribution in [0.3, 0.4) is 0 Å². The Labute approximate surface area is 101 Å². The van der Waals surface area contributed by atoms with Gasteiger partial charge in [-0.25, -0.2) is 0 Å². The van der Waals surface area contributed by atoms with E-state index in [0.717, 1.165) is 16.3 Å². The summed E-state index contributed by atoms with van der Waals surface area (Å²) in [5, 5.41) is 12.5. The minimum atomic E-state index is -4.49. The van der Waals surface area contributed by atoms with Crippen LogP contribution in [0.25, 0.3) is 0 Å². The molecule has 2 rings (SSSR count). The first-order chi connectivity index (χ1) is 8.50. The molecule has 2 aromatic rings. The molecule has 1 aromatic carbocycles. The normalized spacial score (nSPS) is 11.8. The zero-order valence-electron chi connectivity index (χ0n) is 9.35. The first-order valence-corrected chi connectivity index (χ1v) is 5.29. The Morgan fingerprint density at radius 1 is 1.17 bits per heavy atom. The number of aliphatic hydroxyl groups is 1. The summed E-state index contributed by atoms with van der Waals surface area (Å²) < 4.78 is 38.7. The second-order valence-electron chi connectivity index (χ2n) is 3.82. The van der Waals surface area contributed by atoms with Crippen molar-refractivity contribution in [2.75, 3.05) is 0 Å². The Kier molecular flexibility index (Phi) is 3.38. The van der Waals surface area contributed by atoms with Crippen molar-refractivity contribution < 1.29 is 18.3 Å². The molecule has 0 bridgehead atoms. The predicted molar refractivity (Wildman–Crippen MR) is 58.7 cm³/mol. The lowest BCUT2D eigenvalue weighted by molar-refractivity contribution is -0.141. The SMILES string of the molecule is OCc1cc(C(F)(F)F)nn1Cc1ccccc1. The molecule has 0 atom stereocenters. The zero-order valence-corrected chi connectivity index (χ0v) is 9.35. The van der Waals surface area contributed by atoms with Gasteiger partial charge in [-0.3, -0.25) is 4.68 Å². The molecule has 18 heavy (non-hydrogen) atoms. The van der Waals surface area contributed by atoms with Crippen molar-refractivity contribution in [2.45, 2.75) is 19.3 Å². The number of benzene rings is 1. The van der Waals surface area contributed by atoms with Crippen LogP contribution in [0.5, 0.6) is 0 Å². The number of halogens is 3. The highest BCUT2D eigenvalue weighted by atomic mass is 19.4. The Balaban J connectivity index is 2.30. The third kappa shape index (κ3) is 2.70. The minimum Gasteiger partial charge on any atom is -0.390 e. The van der Waals surface area contributed by atoms with Crippen molar-refractivity contribution in [3.05, 3.63) is 53.3 Å². The second-order valence-corrected chi connectivity index (χ2v) is 3.82. The number of hydrogen-bond acceptors (Lipinski definition) is 2. The lowest BCUT2D eigenvalue weighted by Gasteiger charge is -2.05. The average molecular weight is 256 g/mol. The molecule has 0 saturated heterocycles. The maximum atomic E-state index is 12.5. The highest BCUT2D eigenvalue weighted by Gasteiger charge is 2.34. The van der Waals surface area contributed by atoms with E-state index in [9.17, 15) is 13.2 Å². The largest absolute Gasteiger partial charge is 0.435 e. The van der Waals surface area contributed by atoms with E-state index in [1.165, 1.54) is 0 Å². The van der Waals surface area contributed by atoms with Gasteiger partial charge in [0.15, 0.2) is 5.69 Å². The molecule has 0 spiro atoms. The van der Waals surface area contributed by atoms with E-state index in [1.807, 2.05) is 6.07 Å². The maximum absolute atomic E-state index is 12.5. The van der Waals surface area contributed by atoms with Crippen LogP contribution in [0.15, 0.2) is 36.4 Å². The molecule has 1 heterocycles. The van der Waals surface area contributed by atoms with Crippen LogP contribution in [0.1, 0.15) is 17.0 Å². The lowest BCUT2D eigenvalue weighted by atomic mass is 10.2. The third-order valence-electron chi connectivity index (χ3n) is 2.49. The summed E-state index contributed by atoms with van der Waals surface area (Å²) in [4.78, 5) is 0. The fourth-order valence-electron chi connectivity index (χ4n) is 1.61. The monoisotopic (exact) mass is 256 g/mol. The van der Waals surface area contributed by atoms with Gasteiger partial charge >= 0.3 is 6.18 Å². The van der Waals surface area contributed by atoms with Gasteiger partial charge in [0.25, 0.3) is 0 Å². The smallest absolute Gasteiger partial charge is 0.390 e. The van der Waals surface area contributed by atoms with Crippen molar-refractivity contribution in [3.63, 3.8) is 0 Å². The fraction of sp³-hybridized carbons (Fsp3) is 0.250. The Hall–Kier alpha value is -1.82. The molecule has 0 fully saturated rings. The summed E-state index contributed by atoms with van der Waals surface area (Å²) in [7, 11) is 0. The number of aliphatic hydroxyl groups excluding tert-OH is 1. The van der Waals surface area contributed by atoms with Gasteiger partial charge in [0, 0.05) is 0 Å². The van der Waals surface area contributed by atoms with E-state index in [2.05, 4.69) is 5.10 Å². The van der Waals surface area contributed by atoms with Crippen LogP contribution in [0.4, 0.5) is 13.2 Å². The van der Waals surface area contributed by atoms with E-state index in [0.29, 0.717) is 0 Å². The summed E-state index contributed by atoms with van der Waals surface area (Å²) in [5.41, 5.74) is -0.0160. The number of hydrogen-bond donors (Lipinski definition) is 1. The summed E-state index contributed by atoms with van der Waals surface area (Å²) >= 11 is 0. The molecule has 0 saturated carbocycles. The summed E-state index contributed by atoms with van der Waals surface area (Å²) in [6, 6.07) is 9.85. The van der Waals surface area contributed by atoms with Gasteiger partial charge < -0.3 is 5.11 Å². The lowest BCUT2D eigenvalue weighted by Crippen LogP contribution is -2.09. The maximum Gasteiger partial charge on any atom is 0.435 e. The van der Waals surface area contributed by atoms with E-state index < -0.39 is 18.5 Å². The Morgan fingerprint density at radius 3 is 2.39 bits per heavy atom. The molecule has 0 radical (unpaired) electrons. The highest BCUT2D eigenvalue weighted by molar-refractivity contribution is 5.18. The minimum absolute atomic E-state index is 0.145. The van der Waals surface area contributed by atoms with Crippen LogP contribution in [-0.2, 0) is 19.3 Å². The van der Waals surface area contributed by atoms with Crippen molar-refractivity contribution in [3.8, 4) is 0 Å². The second kappa shape index (κ2) is 4.81. The summed E-state index contributed by atoms with van der Waals surface area (Å²) in [6.07, 6.45) is -4.49. The van der Waals surface area contributed by atoms with Crippen molar-refractivity contribution in [1.82, 2.24) is 9.78 Å². The van der Waals surface area contributed by atoms with Crippen LogP contribution in [0, 0.1) is 0 Å².